The summed E-state index contributed by atoms with van der Waals surface area (Å²) in [5, 5.41) is 2.68. The Labute approximate surface area is 189 Å². The first-order chi connectivity index (χ1) is 14.9. The van der Waals surface area contributed by atoms with Crippen molar-refractivity contribution in [3.8, 4) is 0 Å². The first-order valence-electron chi connectivity index (χ1n) is 9.82. The molecule has 7 nitrogen and oxygen atoms in total. The van der Waals surface area contributed by atoms with Crippen LogP contribution in [0.2, 0.25) is 5.02 Å². The Bertz CT molecular complexity index is 1230. The van der Waals surface area contributed by atoms with E-state index in [1.165, 1.54) is 35.2 Å². The van der Waals surface area contributed by atoms with E-state index < -0.39 is 10.0 Å². The minimum atomic E-state index is -3.73. The van der Waals surface area contributed by atoms with Gasteiger partial charge in [-0.3, -0.25) is 9.52 Å². The van der Waals surface area contributed by atoms with Gasteiger partial charge >= 0.3 is 0 Å². The van der Waals surface area contributed by atoms with E-state index in [1.807, 2.05) is 12.1 Å². The number of para-hydroxylation sites is 1. The van der Waals surface area contributed by atoms with Gasteiger partial charge in [0, 0.05) is 30.4 Å². The predicted molar refractivity (Wildman–Crippen MR) is 123 cm³/mol. The zero-order valence-electron chi connectivity index (χ0n) is 16.4. The zero-order valence-corrected chi connectivity index (χ0v) is 18.8. The van der Waals surface area contributed by atoms with Crippen molar-refractivity contribution < 1.29 is 13.2 Å². The maximum atomic E-state index is 13.2. The highest BCUT2D eigenvalue weighted by Crippen LogP contribution is 2.39. The minimum Gasteiger partial charge on any atom is -0.358 e. The number of hydrogen-bond donors (Lipinski definition) is 1. The Kier molecular flexibility index (Phi) is 5.11. The van der Waals surface area contributed by atoms with Gasteiger partial charge in [-0.2, -0.15) is 0 Å². The number of nitrogens with one attached hydrogen (secondary N) is 1. The molecular formula is C21H19ClN4O3S2. The van der Waals surface area contributed by atoms with E-state index in [1.54, 1.807) is 22.4 Å². The van der Waals surface area contributed by atoms with E-state index >= 15 is 0 Å². The number of anilines is 3. The zero-order chi connectivity index (χ0) is 21.6. The number of hydrogen-bond acceptors (Lipinski definition) is 6. The molecule has 3 heterocycles. The lowest BCUT2D eigenvalue weighted by molar-refractivity contribution is -0.118. The third-order valence-corrected chi connectivity index (χ3v) is 8.12. The maximum absolute atomic E-state index is 13.2. The molecule has 1 N–H and O–H groups in total. The molecule has 0 radical (unpaired) electrons. The molecule has 0 bridgehead atoms. The van der Waals surface area contributed by atoms with E-state index in [-0.39, 0.29) is 16.8 Å². The number of sulfonamides is 1. The number of carbonyl (C=O) groups excluding carboxylic acids is 1. The summed E-state index contributed by atoms with van der Waals surface area (Å²) in [4.78, 5) is 21.1. The molecule has 5 rings (SSSR count). The summed E-state index contributed by atoms with van der Waals surface area (Å²) >= 11 is 7.63. The highest BCUT2D eigenvalue weighted by molar-refractivity contribution is 7.93. The molecule has 0 aliphatic carbocycles. The molecule has 1 atom stereocenters. The van der Waals surface area contributed by atoms with Crippen LogP contribution in [0.4, 0.5) is 16.5 Å². The third kappa shape index (κ3) is 3.66. The fraction of sp³-hybridized carbons (Fsp3) is 0.238. The van der Waals surface area contributed by atoms with Gasteiger partial charge in [-0.25, -0.2) is 13.4 Å². The number of rotatable bonds is 5. The van der Waals surface area contributed by atoms with E-state index in [9.17, 15) is 13.2 Å². The van der Waals surface area contributed by atoms with Gasteiger partial charge in [0.2, 0.25) is 5.91 Å². The summed E-state index contributed by atoms with van der Waals surface area (Å²) in [6, 6.07) is 11.9. The first kappa shape index (κ1) is 20.3. The molecule has 10 heteroatoms. The average molecular weight is 475 g/mol. The first-order valence-corrected chi connectivity index (χ1v) is 12.6. The van der Waals surface area contributed by atoms with Crippen molar-refractivity contribution in [2.75, 3.05) is 27.6 Å². The monoisotopic (exact) mass is 474 g/mol. The minimum absolute atomic E-state index is 0.00397. The molecule has 2 aromatic carbocycles. The highest BCUT2D eigenvalue weighted by Gasteiger charge is 2.39. The van der Waals surface area contributed by atoms with Gasteiger partial charge in [-0.05, 0) is 48.7 Å². The summed E-state index contributed by atoms with van der Waals surface area (Å²) in [5.41, 5.74) is 2.80. The van der Waals surface area contributed by atoms with Gasteiger partial charge in [0.05, 0.1) is 15.6 Å². The summed E-state index contributed by atoms with van der Waals surface area (Å²) in [6.07, 6.45) is 3.10. The number of carbonyl (C=O) groups is 1. The van der Waals surface area contributed by atoms with Crippen molar-refractivity contribution >= 4 is 55.4 Å². The maximum Gasteiger partial charge on any atom is 0.263 e. The molecule has 160 valence electrons. The van der Waals surface area contributed by atoms with Crippen LogP contribution in [0.5, 0.6) is 0 Å². The van der Waals surface area contributed by atoms with Crippen LogP contribution < -0.4 is 14.5 Å². The van der Waals surface area contributed by atoms with Crippen molar-refractivity contribution in [1.29, 1.82) is 0 Å². The molecule has 2 aliphatic rings. The largest absolute Gasteiger partial charge is 0.358 e. The van der Waals surface area contributed by atoms with E-state index in [2.05, 4.69) is 20.7 Å². The Morgan fingerprint density at radius 3 is 2.68 bits per heavy atom. The quantitative estimate of drug-likeness (QED) is 0.608. The second-order valence-electron chi connectivity index (χ2n) is 7.42. The molecule has 3 aromatic rings. The lowest BCUT2D eigenvalue weighted by Crippen LogP contribution is -2.41. The van der Waals surface area contributed by atoms with Crippen LogP contribution in [-0.4, -0.2) is 38.4 Å². The molecular weight excluding hydrogens is 456 g/mol. The third-order valence-electron chi connectivity index (χ3n) is 5.65. The molecule has 1 saturated heterocycles. The van der Waals surface area contributed by atoms with Crippen LogP contribution in [0.1, 0.15) is 12.0 Å². The molecule has 1 fully saturated rings. The molecule has 0 saturated carbocycles. The number of benzene rings is 2. The number of nitrogens with zero attached hydrogens (tertiary/aromatic N) is 3. The number of amides is 1. The van der Waals surface area contributed by atoms with Crippen LogP contribution in [-0.2, 0) is 21.2 Å². The summed E-state index contributed by atoms with van der Waals surface area (Å²) in [5.74, 6) is 0.00397. The second kappa shape index (κ2) is 7.81. The molecule has 31 heavy (non-hydrogen) atoms. The van der Waals surface area contributed by atoms with Crippen molar-refractivity contribution in [3.63, 3.8) is 0 Å². The van der Waals surface area contributed by atoms with Crippen molar-refractivity contribution in [2.45, 2.75) is 23.8 Å². The molecule has 0 unspecified atom stereocenters. The number of thiazole rings is 1. The van der Waals surface area contributed by atoms with Crippen molar-refractivity contribution in [2.24, 2.45) is 0 Å². The number of halogens is 1. The lowest BCUT2D eigenvalue weighted by Gasteiger charge is -2.27. The molecule has 1 aromatic heterocycles. The number of aromatic nitrogens is 1. The fourth-order valence-corrected chi connectivity index (χ4v) is 6.30. The fourth-order valence-electron chi connectivity index (χ4n) is 4.21. The van der Waals surface area contributed by atoms with Gasteiger partial charge < -0.3 is 9.80 Å². The molecule has 2 aliphatic heterocycles. The van der Waals surface area contributed by atoms with Crippen LogP contribution in [0.25, 0.3) is 0 Å². The average Bonchev–Trinajstić information content (AvgIpc) is 3.48. The number of fused-ring (bicyclic) bond motifs is 1. The van der Waals surface area contributed by atoms with E-state index in [0.29, 0.717) is 28.8 Å². The van der Waals surface area contributed by atoms with Crippen LogP contribution in [0.3, 0.4) is 0 Å². The van der Waals surface area contributed by atoms with Crippen LogP contribution in [0, 0.1) is 0 Å². The second-order valence-corrected chi connectivity index (χ2v) is 10.4. The van der Waals surface area contributed by atoms with Gasteiger partial charge in [0.1, 0.15) is 6.04 Å². The van der Waals surface area contributed by atoms with Crippen LogP contribution in [0.15, 0.2) is 58.9 Å². The van der Waals surface area contributed by atoms with Gasteiger partial charge in [-0.15, -0.1) is 11.3 Å². The topological polar surface area (TPSA) is 82.6 Å². The van der Waals surface area contributed by atoms with Crippen molar-refractivity contribution in [1.82, 2.24) is 4.98 Å². The smallest absolute Gasteiger partial charge is 0.263 e. The van der Waals surface area contributed by atoms with E-state index in [4.69, 9.17) is 11.6 Å². The summed E-state index contributed by atoms with van der Waals surface area (Å²) in [7, 11) is -3.73. The lowest BCUT2D eigenvalue weighted by atomic mass is 10.1. The predicted octanol–water partition coefficient (Wildman–Crippen LogP) is 3.77. The normalized spacial score (nSPS) is 18.5. The summed E-state index contributed by atoms with van der Waals surface area (Å²) < 4.78 is 27.5. The van der Waals surface area contributed by atoms with Gasteiger partial charge in [0.25, 0.3) is 10.0 Å². The Morgan fingerprint density at radius 2 is 1.94 bits per heavy atom. The molecule has 0 spiro atoms. The Balaban J connectivity index is 1.34. The van der Waals surface area contributed by atoms with Gasteiger partial charge in [0.15, 0.2) is 5.13 Å². The van der Waals surface area contributed by atoms with Gasteiger partial charge in [-0.1, -0.05) is 23.7 Å². The van der Waals surface area contributed by atoms with E-state index in [0.717, 1.165) is 18.7 Å². The molecule has 1 amide bonds. The SMILES string of the molecule is O=C1[C@@H](N2CCc3cccc(Cl)c32)CCN1c1ccc(S(=O)(=O)Nc2nccs2)cc1. The van der Waals surface area contributed by atoms with Crippen LogP contribution >= 0.6 is 22.9 Å². The highest BCUT2D eigenvalue weighted by atomic mass is 35.5. The van der Waals surface area contributed by atoms with Crippen molar-refractivity contribution in [3.05, 3.63) is 64.6 Å². The summed E-state index contributed by atoms with van der Waals surface area (Å²) in [6.45, 7) is 1.34. The standard InChI is InChI=1S/C21H19ClN4O3S2/c22-17-3-1-2-14-8-11-26(19(14)17)18-9-12-25(20(18)27)15-4-6-16(7-5-15)31(28,29)24-21-23-10-13-30-21/h1-7,10,13,18H,8-9,11-12H2,(H,23,24)/t18-/m0/s1. The Morgan fingerprint density at radius 1 is 1.13 bits per heavy atom. The Hall–Kier alpha value is -2.62.